The summed E-state index contributed by atoms with van der Waals surface area (Å²) in [5.74, 6) is 0.691. The van der Waals surface area contributed by atoms with Crippen molar-refractivity contribution in [2.24, 2.45) is 0 Å². The predicted molar refractivity (Wildman–Crippen MR) is 125 cm³/mol. The van der Waals surface area contributed by atoms with Crippen LogP contribution in [0.15, 0.2) is 49.1 Å². The number of phenols is 1. The normalized spacial score (nSPS) is 15.2. The smallest absolute Gasteiger partial charge is 0.273 e. The number of carbonyl (C=O) groups is 1. The van der Waals surface area contributed by atoms with Crippen molar-refractivity contribution in [3.05, 3.63) is 76.5 Å². The quantitative estimate of drug-likeness (QED) is 0.342. The molecule has 0 radical (unpaired) electrons. The third kappa shape index (κ3) is 3.86. The van der Waals surface area contributed by atoms with Gasteiger partial charge in [0, 0.05) is 22.7 Å². The number of aryl methyl sites for hydroxylation is 1. The van der Waals surface area contributed by atoms with E-state index in [2.05, 4.69) is 23.7 Å². The number of hydrogen-bond acceptors (Lipinski definition) is 4. The Kier molecular flexibility index (Phi) is 6.24. The largest absolute Gasteiger partial charge is 0.507 e. The summed E-state index contributed by atoms with van der Waals surface area (Å²) in [4.78, 5) is 14.9. The molecule has 1 aromatic heterocycles. The fraction of sp³-hybridized carbons (Fsp3) is 0.280. The van der Waals surface area contributed by atoms with Crippen LogP contribution in [0.3, 0.4) is 0 Å². The van der Waals surface area contributed by atoms with Gasteiger partial charge in [-0.2, -0.15) is 5.10 Å². The number of rotatable bonds is 8. The van der Waals surface area contributed by atoms with Gasteiger partial charge in [-0.25, -0.2) is 0 Å². The van der Waals surface area contributed by atoms with Crippen molar-refractivity contribution in [3.8, 4) is 22.8 Å². The van der Waals surface area contributed by atoms with E-state index in [0.29, 0.717) is 40.7 Å². The first kappa shape index (κ1) is 22.0. The van der Waals surface area contributed by atoms with E-state index in [1.165, 1.54) is 0 Å². The van der Waals surface area contributed by atoms with Crippen LogP contribution >= 0.6 is 11.6 Å². The molecule has 3 aromatic rings. The summed E-state index contributed by atoms with van der Waals surface area (Å²) in [7, 11) is 0. The summed E-state index contributed by atoms with van der Waals surface area (Å²) in [5, 5.41) is 18.4. The maximum Gasteiger partial charge on any atom is 0.273 e. The first-order chi connectivity index (χ1) is 15.5. The van der Waals surface area contributed by atoms with Crippen LogP contribution in [0.2, 0.25) is 5.02 Å². The van der Waals surface area contributed by atoms with Gasteiger partial charge in [0.1, 0.15) is 22.9 Å². The minimum Gasteiger partial charge on any atom is -0.507 e. The number of carbonyl (C=O) groups excluding carboxylic acids is 1. The standard InChI is InChI=1S/C25H26ClN3O3/c1-4-6-12-32-17-9-7-16(8-10-17)24-21-22(18-14-19(26)15(3)13-20(18)30)27-28-23(21)25(31)29(24)11-5-2/h5,7-10,13-14,24,30H,2,4,6,11-12H2,1,3H3,(H,27,28). The molecule has 0 saturated carbocycles. The molecule has 1 atom stereocenters. The molecule has 32 heavy (non-hydrogen) atoms. The lowest BCUT2D eigenvalue weighted by Gasteiger charge is -2.25. The lowest BCUT2D eigenvalue weighted by atomic mass is 9.95. The Morgan fingerprint density at radius 3 is 2.75 bits per heavy atom. The molecule has 6 nitrogen and oxygen atoms in total. The van der Waals surface area contributed by atoms with Crippen molar-refractivity contribution in [2.45, 2.75) is 32.7 Å². The second-order valence-corrected chi connectivity index (χ2v) is 8.31. The number of aromatic hydroxyl groups is 1. The van der Waals surface area contributed by atoms with Gasteiger partial charge in [0.05, 0.1) is 12.6 Å². The molecular weight excluding hydrogens is 426 g/mol. The number of nitrogens with one attached hydrogen (secondary N) is 1. The molecule has 1 amide bonds. The molecule has 4 rings (SSSR count). The average Bonchev–Trinajstić information content (AvgIpc) is 3.31. The molecule has 2 N–H and O–H groups in total. The Balaban J connectivity index is 1.78. The topological polar surface area (TPSA) is 78.5 Å². The first-order valence-corrected chi connectivity index (χ1v) is 11.1. The number of ether oxygens (including phenoxy) is 1. The van der Waals surface area contributed by atoms with E-state index in [4.69, 9.17) is 16.3 Å². The van der Waals surface area contributed by atoms with Crippen LogP contribution in [0.5, 0.6) is 11.5 Å². The van der Waals surface area contributed by atoms with Crippen LogP contribution in [0.25, 0.3) is 11.3 Å². The van der Waals surface area contributed by atoms with E-state index in [0.717, 1.165) is 29.7 Å². The highest BCUT2D eigenvalue weighted by Gasteiger charge is 2.42. The monoisotopic (exact) mass is 451 g/mol. The molecule has 166 valence electrons. The van der Waals surface area contributed by atoms with Crippen LogP contribution in [-0.2, 0) is 0 Å². The van der Waals surface area contributed by atoms with Crippen molar-refractivity contribution >= 4 is 17.5 Å². The highest BCUT2D eigenvalue weighted by molar-refractivity contribution is 6.31. The number of halogens is 1. The van der Waals surface area contributed by atoms with Gasteiger partial charge in [-0.05, 0) is 48.7 Å². The predicted octanol–water partition coefficient (Wildman–Crippen LogP) is 5.65. The van der Waals surface area contributed by atoms with Crippen LogP contribution < -0.4 is 4.74 Å². The number of nitrogens with zero attached hydrogens (tertiary/aromatic N) is 2. The molecule has 1 aliphatic rings. The Morgan fingerprint density at radius 2 is 2.06 bits per heavy atom. The van der Waals surface area contributed by atoms with Gasteiger partial charge in [-0.1, -0.05) is 43.2 Å². The van der Waals surface area contributed by atoms with E-state index in [-0.39, 0.29) is 17.7 Å². The van der Waals surface area contributed by atoms with Crippen molar-refractivity contribution in [3.63, 3.8) is 0 Å². The summed E-state index contributed by atoms with van der Waals surface area (Å²) in [6, 6.07) is 10.7. The number of hydrogen-bond donors (Lipinski definition) is 2. The molecule has 0 aliphatic carbocycles. The van der Waals surface area contributed by atoms with Crippen LogP contribution in [0.1, 0.15) is 53.0 Å². The van der Waals surface area contributed by atoms with Gasteiger partial charge in [-0.3, -0.25) is 9.89 Å². The molecule has 2 heterocycles. The summed E-state index contributed by atoms with van der Waals surface area (Å²) in [6.07, 6.45) is 3.77. The number of aromatic amines is 1. The van der Waals surface area contributed by atoms with Crippen molar-refractivity contribution in [1.82, 2.24) is 15.1 Å². The zero-order valence-corrected chi connectivity index (χ0v) is 18.9. The van der Waals surface area contributed by atoms with E-state index in [9.17, 15) is 9.90 Å². The van der Waals surface area contributed by atoms with Crippen LogP contribution in [0.4, 0.5) is 0 Å². The van der Waals surface area contributed by atoms with E-state index >= 15 is 0 Å². The van der Waals surface area contributed by atoms with Gasteiger partial charge in [0.25, 0.3) is 5.91 Å². The molecule has 0 spiro atoms. The van der Waals surface area contributed by atoms with Crippen molar-refractivity contribution in [2.75, 3.05) is 13.2 Å². The second kappa shape index (κ2) is 9.09. The number of fused-ring (bicyclic) bond motifs is 1. The maximum absolute atomic E-state index is 13.2. The molecule has 7 heteroatoms. The highest BCUT2D eigenvalue weighted by atomic mass is 35.5. The zero-order valence-electron chi connectivity index (χ0n) is 18.2. The lowest BCUT2D eigenvalue weighted by Crippen LogP contribution is -2.29. The minimum absolute atomic E-state index is 0.0641. The Morgan fingerprint density at radius 1 is 1.31 bits per heavy atom. The fourth-order valence-electron chi connectivity index (χ4n) is 4.01. The molecule has 1 unspecified atom stereocenters. The zero-order chi connectivity index (χ0) is 22.8. The van der Waals surface area contributed by atoms with Gasteiger partial charge in [0.15, 0.2) is 0 Å². The van der Waals surface area contributed by atoms with Gasteiger partial charge >= 0.3 is 0 Å². The molecule has 2 aromatic carbocycles. The SMILES string of the molecule is C=CCN1C(=O)c2[nH]nc(-c3cc(Cl)c(C)cc3O)c2C1c1ccc(OCCCC)cc1. The summed E-state index contributed by atoms with van der Waals surface area (Å²) >= 11 is 6.33. The third-order valence-corrected chi connectivity index (χ3v) is 6.09. The summed E-state index contributed by atoms with van der Waals surface area (Å²) in [6.45, 7) is 8.80. The van der Waals surface area contributed by atoms with E-state index in [1.54, 1.807) is 23.1 Å². The van der Waals surface area contributed by atoms with Crippen LogP contribution in [0, 0.1) is 6.92 Å². The Bertz CT molecular complexity index is 1150. The number of benzene rings is 2. The Hall–Kier alpha value is -3.25. The third-order valence-electron chi connectivity index (χ3n) is 5.68. The number of amides is 1. The molecular formula is C25H26ClN3O3. The summed E-state index contributed by atoms with van der Waals surface area (Å²) < 4.78 is 5.78. The maximum atomic E-state index is 13.2. The minimum atomic E-state index is -0.381. The summed E-state index contributed by atoms with van der Waals surface area (Å²) in [5.41, 5.74) is 3.79. The van der Waals surface area contributed by atoms with Crippen molar-refractivity contribution < 1.29 is 14.6 Å². The number of phenolic OH excluding ortho intramolecular Hbond substituents is 1. The Labute approximate surface area is 192 Å². The van der Waals surface area contributed by atoms with Crippen LogP contribution in [-0.4, -0.2) is 39.3 Å². The first-order valence-electron chi connectivity index (χ1n) is 10.7. The second-order valence-electron chi connectivity index (χ2n) is 7.90. The van der Waals surface area contributed by atoms with Gasteiger partial charge in [-0.15, -0.1) is 6.58 Å². The average molecular weight is 452 g/mol. The number of H-pyrrole nitrogens is 1. The number of unbranched alkanes of at least 4 members (excludes halogenated alkanes) is 1. The molecule has 0 fully saturated rings. The van der Waals surface area contributed by atoms with Gasteiger partial charge < -0.3 is 14.7 Å². The van der Waals surface area contributed by atoms with E-state index in [1.807, 2.05) is 31.2 Å². The molecule has 1 aliphatic heterocycles. The lowest BCUT2D eigenvalue weighted by molar-refractivity contribution is 0.0764. The van der Waals surface area contributed by atoms with E-state index < -0.39 is 0 Å². The van der Waals surface area contributed by atoms with Gasteiger partial charge in [0.2, 0.25) is 0 Å². The fourth-order valence-corrected chi connectivity index (χ4v) is 4.18. The van der Waals surface area contributed by atoms with Crippen molar-refractivity contribution in [1.29, 1.82) is 0 Å². The molecule has 0 saturated heterocycles. The number of aromatic nitrogens is 2. The highest BCUT2D eigenvalue weighted by Crippen LogP contribution is 2.45. The molecule has 0 bridgehead atoms.